The smallest absolute Gasteiger partial charge is 0.312 e. The van der Waals surface area contributed by atoms with Crippen LogP contribution in [0.25, 0.3) is 0 Å². The predicted octanol–water partition coefficient (Wildman–Crippen LogP) is 4.10. The summed E-state index contributed by atoms with van der Waals surface area (Å²) < 4.78 is 16.2. The van der Waals surface area contributed by atoms with E-state index in [1.54, 1.807) is 12.1 Å². The zero-order chi connectivity index (χ0) is 16.7. The molecule has 6 nitrogen and oxygen atoms in total. The van der Waals surface area contributed by atoms with Crippen molar-refractivity contribution in [1.82, 2.24) is 0 Å². The summed E-state index contributed by atoms with van der Waals surface area (Å²) in [6, 6.07) is 11.5. The zero-order valence-corrected chi connectivity index (χ0v) is 13.3. The number of nitro benzene ring substituents is 1. The highest BCUT2D eigenvalue weighted by molar-refractivity contribution is 6.30. The van der Waals surface area contributed by atoms with Gasteiger partial charge in [-0.1, -0.05) is 11.6 Å². The molecule has 2 rings (SSSR count). The van der Waals surface area contributed by atoms with Crippen LogP contribution in [-0.4, -0.2) is 24.7 Å². The van der Waals surface area contributed by atoms with Crippen LogP contribution >= 0.6 is 11.6 Å². The van der Waals surface area contributed by atoms with Crippen molar-refractivity contribution in [3.8, 4) is 17.2 Å². The van der Waals surface area contributed by atoms with E-state index in [2.05, 4.69) is 0 Å². The highest BCUT2D eigenvalue weighted by Gasteiger charge is 2.15. The van der Waals surface area contributed by atoms with Crippen molar-refractivity contribution in [2.75, 3.05) is 19.8 Å². The van der Waals surface area contributed by atoms with Gasteiger partial charge in [0.05, 0.1) is 11.5 Å². The second-order valence-corrected chi connectivity index (χ2v) is 4.91. The molecule has 0 aliphatic carbocycles. The number of ether oxygens (including phenoxy) is 3. The summed E-state index contributed by atoms with van der Waals surface area (Å²) in [5.41, 5.74) is -0.168. The van der Waals surface area contributed by atoms with Crippen LogP contribution in [0.3, 0.4) is 0 Å². The van der Waals surface area contributed by atoms with Gasteiger partial charge in [-0.3, -0.25) is 10.1 Å². The Labute approximate surface area is 138 Å². The van der Waals surface area contributed by atoms with Crippen molar-refractivity contribution in [2.24, 2.45) is 0 Å². The molecule has 2 aromatic carbocycles. The normalized spacial score (nSPS) is 10.2. The van der Waals surface area contributed by atoms with Crippen molar-refractivity contribution in [1.29, 1.82) is 0 Å². The molecule has 23 heavy (non-hydrogen) atoms. The van der Waals surface area contributed by atoms with Gasteiger partial charge in [0.1, 0.15) is 24.7 Å². The Bertz CT molecular complexity index is 660. The van der Waals surface area contributed by atoms with Crippen molar-refractivity contribution < 1.29 is 19.1 Å². The van der Waals surface area contributed by atoms with E-state index in [-0.39, 0.29) is 29.7 Å². The molecule has 0 bridgehead atoms. The minimum absolute atomic E-state index is 0.162. The standard InChI is InChI=1S/C16H16ClNO5/c1-2-21-13-4-6-14(7-5-13)22-9-10-23-16-8-3-12(17)11-15(16)18(19)20/h3-8,11H,2,9-10H2,1H3. The number of hydrogen-bond donors (Lipinski definition) is 0. The summed E-state index contributed by atoms with van der Waals surface area (Å²) in [4.78, 5) is 10.4. The van der Waals surface area contributed by atoms with Crippen LogP contribution in [-0.2, 0) is 0 Å². The van der Waals surface area contributed by atoms with Crippen molar-refractivity contribution >= 4 is 17.3 Å². The van der Waals surface area contributed by atoms with E-state index >= 15 is 0 Å². The zero-order valence-electron chi connectivity index (χ0n) is 12.5. The summed E-state index contributed by atoms with van der Waals surface area (Å²) in [5, 5.41) is 11.2. The van der Waals surface area contributed by atoms with E-state index in [4.69, 9.17) is 25.8 Å². The Morgan fingerprint density at radius 3 is 2.22 bits per heavy atom. The molecule has 0 saturated heterocycles. The largest absolute Gasteiger partial charge is 0.494 e. The molecule has 0 aromatic heterocycles. The second kappa shape index (κ2) is 8.24. The Morgan fingerprint density at radius 2 is 1.61 bits per heavy atom. The Hall–Kier alpha value is -2.47. The third kappa shape index (κ3) is 5.03. The molecular weight excluding hydrogens is 322 g/mol. The Morgan fingerprint density at radius 1 is 1.00 bits per heavy atom. The quantitative estimate of drug-likeness (QED) is 0.412. The molecule has 0 saturated carbocycles. The molecule has 7 heteroatoms. The van der Waals surface area contributed by atoms with Gasteiger partial charge in [-0.05, 0) is 43.3 Å². The molecule has 0 fully saturated rings. The number of nitrogens with zero attached hydrogens (tertiary/aromatic N) is 1. The van der Waals surface area contributed by atoms with Gasteiger partial charge >= 0.3 is 5.69 Å². The SMILES string of the molecule is CCOc1ccc(OCCOc2ccc(Cl)cc2[N+](=O)[O-])cc1. The monoisotopic (exact) mass is 337 g/mol. The molecule has 0 spiro atoms. The Balaban J connectivity index is 1.84. The fourth-order valence-corrected chi connectivity index (χ4v) is 2.03. The van der Waals surface area contributed by atoms with Gasteiger partial charge < -0.3 is 14.2 Å². The molecule has 0 aliphatic heterocycles. The lowest BCUT2D eigenvalue weighted by molar-refractivity contribution is -0.385. The number of hydrogen-bond acceptors (Lipinski definition) is 5. The van der Waals surface area contributed by atoms with Crippen LogP contribution in [0.4, 0.5) is 5.69 Å². The first-order valence-corrected chi connectivity index (χ1v) is 7.40. The fraction of sp³-hybridized carbons (Fsp3) is 0.250. The lowest BCUT2D eigenvalue weighted by atomic mass is 10.3. The highest BCUT2D eigenvalue weighted by atomic mass is 35.5. The summed E-state index contributed by atoms with van der Waals surface area (Å²) in [5.74, 6) is 1.60. The van der Waals surface area contributed by atoms with Crippen molar-refractivity contribution in [3.63, 3.8) is 0 Å². The molecule has 0 heterocycles. The number of rotatable bonds is 8. The first-order valence-electron chi connectivity index (χ1n) is 7.02. The molecule has 0 atom stereocenters. The maximum Gasteiger partial charge on any atom is 0.312 e. The summed E-state index contributed by atoms with van der Waals surface area (Å²) >= 11 is 5.74. The molecule has 0 amide bonds. The third-order valence-electron chi connectivity index (χ3n) is 2.86. The molecule has 122 valence electrons. The molecule has 2 aromatic rings. The predicted molar refractivity (Wildman–Crippen MR) is 86.7 cm³/mol. The molecular formula is C16H16ClNO5. The van der Waals surface area contributed by atoms with E-state index in [9.17, 15) is 10.1 Å². The van der Waals surface area contributed by atoms with Crippen LogP contribution in [0.2, 0.25) is 5.02 Å². The molecule has 0 unspecified atom stereocenters. The third-order valence-corrected chi connectivity index (χ3v) is 3.10. The van der Waals surface area contributed by atoms with Gasteiger partial charge in [-0.25, -0.2) is 0 Å². The van der Waals surface area contributed by atoms with E-state index in [0.717, 1.165) is 5.75 Å². The van der Waals surface area contributed by atoms with Gasteiger partial charge in [-0.2, -0.15) is 0 Å². The van der Waals surface area contributed by atoms with E-state index < -0.39 is 4.92 Å². The average Bonchev–Trinajstić information content (AvgIpc) is 2.54. The summed E-state index contributed by atoms with van der Waals surface area (Å²) in [6.07, 6.45) is 0. The van der Waals surface area contributed by atoms with Gasteiger partial charge in [0.25, 0.3) is 0 Å². The average molecular weight is 338 g/mol. The van der Waals surface area contributed by atoms with Gasteiger partial charge in [0.15, 0.2) is 5.75 Å². The van der Waals surface area contributed by atoms with Crippen LogP contribution in [0.1, 0.15) is 6.92 Å². The second-order valence-electron chi connectivity index (χ2n) is 4.47. The summed E-state index contributed by atoms with van der Waals surface area (Å²) in [7, 11) is 0. The summed E-state index contributed by atoms with van der Waals surface area (Å²) in [6.45, 7) is 2.95. The van der Waals surface area contributed by atoms with Gasteiger partial charge in [-0.15, -0.1) is 0 Å². The van der Waals surface area contributed by atoms with Crippen LogP contribution in [0.5, 0.6) is 17.2 Å². The lowest BCUT2D eigenvalue weighted by Gasteiger charge is -2.09. The van der Waals surface area contributed by atoms with E-state index in [1.807, 2.05) is 19.1 Å². The Kier molecular flexibility index (Phi) is 6.05. The topological polar surface area (TPSA) is 70.8 Å². The highest BCUT2D eigenvalue weighted by Crippen LogP contribution is 2.29. The maximum absolute atomic E-state index is 10.9. The minimum atomic E-state index is -0.533. The number of halogens is 1. The number of nitro groups is 1. The molecule has 0 N–H and O–H groups in total. The van der Waals surface area contributed by atoms with E-state index in [1.165, 1.54) is 18.2 Å². The fourth-order valence-electron chi connectivity index (χ4n) is 1.87. The first kappa shape index (κ1) is 16.9. The van der Waals surface area contributed by atoms with Crippen LogP contribution < -0.4 is 14.2 Å². The van der Waals surface area contributed by atoms with E-state index in [0.29, 0.717) is 12.4 Å². The first-order chi connectivity index (χ1) is 11.1. The van der Waals surface area contributed by atoms with Crippen molar-refractivity contribution in [3.05, 3.63) is 57.6 Å². The van der Waals surface area contributed by atoms with Crippen LogP contribution in [0.15, 0.2) is 42.5 Å². The van der Waals surface area contributed by atoms with Gasteiger partial charge in [0, 0.05) is 11.1 Å². The van der Waals surface area contributed by atoms with Crippen LogP contribution in [0, 0.1) is 10.1 Å². The minimum Gasteiger partial charge on any atom is -0.494 e. The lowest BCUT2D eigenvalue weighted by Crippen LogP contribution is -2.10. The van der Waals surface area contributed by atoms with Crippen molar-refractivity contribution in [2.45, 2.75) is 6.92 Å². The van der Waals surface area contributed by atoms with Gasteiger partial charge in [0.2, 0.25) is 0 Å². The molecule has 0 aliphatic rings. The molecule has 0 radical (unpaired) electrons. The number of benzene rings is 2. The maximum atomic E-state index is 10.9.